The third-order valence-corrected chi connectivity index (χ3v) is 4.10. The zero-order chi connectivity index (χ0) is 21.7. The van der Waals surface area contributed by atoms with Crippen molar-refractivity contribution in [3.63, 3.8) is 0 Å². The lowest BCUT2D eigenvalue weighted by Gasteiger charge is -2.18. The minimum Gasteiger partial charge on any atom is -0.493 e. The Morgan fingerprint density at radius 2 is 2.17 bits per heavy atom. The number of rotatable bonds is 9. The van der Waals surface area contributed by atoms with Gasteiger partial charge in [0.25, 0.3) is 0 Å². The molecule has 30 heavy (non-hydrogen) atoms. The van der Waals surface area contributed by atoms with Crippen LogP contribution in [0.1, 0.15) is 31.9 Å². The number of hydrogen-bond donors (Lipinski definition) is 0. The van der Waals surface area contributed by atoms with E-state index < -0.39 is 22.8 Å². The summed E-state index contributed by atoms with van der Waals surface area (Å²) in [7, 11) is 0. The molecule has 0 amide bonds. The van der Waals surface area contributed by atoms with Gasteiger partial charge in [-0.3, -0.25) is 14.9 Å². The van der Waals surface area contributed by atoms with Gasteiger partial charge in [0.2, 0.25) is 11.5 Å². The smallest absolute Gasteiger partial charge is 0.333 e. The van der Waals surface area contributed by atoms with Gasteiger partial charge in [0, 0.05) is 17.8 Å². The highest BCUT2D eigenvalue weighted by atomic mass is 19.1. The molecule has 1 atom stereocenters. The van der Waals surface area contributed by atoms with E-state index in [0.29, 0.717) is 11.3 Å². The Morgan fingerprint density at radius 1 is 1.37 bits per heavy atom. The monoisotopic (exact) mass is 418 g/mol. The average Bonchev–Trinajstić information content (AvgIpc) is 3.12. The normalized spacial score (nSPS) is 11.8. The predicted molar refractivity (Wildman–Crippen MR) is 102 cm³/mol. The second-order valence-electron chi connectivity index (χ2n) is 6.17. The van der Waals surface area contributed by atoms with Crippen LogP contribution in [0.2, 0.25) is 0 Å². The van der Waals surface area contributed by atoms with Gasteiger partial charge in [-0.2, -0.15) is 10.1 Å². The van der Waals surface area contributed by atoms with Gasteiger partial charge in [-0.05, 0) is 32.0 Å². The largest absolute Gasteiger partial charge is 0.493 e. The van der Waals surface area contributed by atoms with Gasteiger partial charge in [-0.1, -0.05) is 0 Å². The second-order valence-corrected chi connectivity index (χ2v) is 6.17. The minimum absolute atomic E-state index is 0.0230. The number of nitrogens with zero attached hydrogens (tertiary/aromatic N) is 4. The summed E-state index contributed by atoms with van der Waals surface area (Å²) >= 11 is 0. The minimum atomic E-state index is -0.699. The molecule has 0 N–H and O–H groups in total. The van der Waals surface area contributed by atoms with Crippen molar-refractivity contribution < 1.29 is 28.3 Å². The summed E-state index contributed by atoms with van der Waals surface area (Å²) in [5.74, 6) is -0.455. The van der Waals surface area contributed by atoms with E-state index in [0.717, 1.165) is 6.20 Å². The maximum Gasteiger partial charge on any atom is 0.333 e. The molecule has 0 aliphatic rings. The summed E-state index contributed by atoms with van der Waals surface area (Å²) in [4.78, 5) is 26.1. The van der Waals surface area contributed by atoms with Crippen LogP contribution in [-0.4, -0.2) is 38.7 Å². The molecule has 0 aliphatic carbocycles. The van der Waals surface area contributed by atoms with Gasteiger partial charge in [0.1, 0.15) is 23.9 Å². The Bertz CT molecular complexity index is 1070. The first kappa shape index (κ1) is 21.0. The molecule has 1 aromatic carbocycles. The molecular weight excluding hydrogens is 399 g/mol. The molecule has 0 saturated heterocycles. The van der Waals surface area contributed by atoms with E-state index in [1.165, 1.54) is 35.0 Å². The molecule has 0 aliphatic heterocycles. The standard InChI is InChI=1S/C19H19FN4O6/c1-3-28-18(25)7-9-29-16-5-4-13(20)10-14(16)12(2)30-17-6-8-23-19(22-17)15(11-21-23)24(26)27/h4-6,8,10-12H,3,7,9H2,1-2H3/t12-/m1/s1. The van der Waals surface area contributed by atoms with Gasteiger partial charge in [-0.25, -0.2) is 8.91 Å². The maximum atomic E-state index is 13.8. The number of nitro groups is 1. The number of carbonyl (C=O) groups is 1. The van der Waals surface area contributed by atoms with Crippen molar-refractivity contribution in [1.82, 2.24) is 14.6 Å². The summed E-state index contributed by atoms with van der Waals surface area (Å²) in [6, 6.07) is 5.41. The van der Waals surface area contributed by atoms with Crippen LogP contribution < -0.4 is 9.47 Å². The van der Waals surface area contributed by atoms with Crippen molar-refractivity contribution in [2.75, 3.05) is 13.2 Å². The van der Waals surface area contributed by atoms with Gasteiger partial charge >= 0.3 is 11.7 Å². The quantitative estimate of drug-likeness (QED) is 0.295. The summed E-state index contributed by atoms with van der Waals surface area (Å²) < 4.78 is 31.3. The van der Waals surface area contributed by atoms with E-state index in [9.17, 15) is 19.3 Å². The second kappa shape index (κ2) is 9.16. The van der Waals surface area contributed by atoms with E-state index in [4.69, 9.17) is 14.2 Å². The van der Waals surface area contributed by atoms with Crippen LogP contribution in [0.5, 0.6) is 11.6 Å². The van der Waals surface area contributed by atoms with E-state index >= 15 is 0 Å². The molecule has 2 heterocycles. The lowest BCUT2D eigenvalue weighted by Crippen LogP contribution is -2.12. The predicted octanol–water partition coefficient (Wildman–Crippen LogP) is 3.25. The van der Waals surface area contributed by atoms with Crippen molar-refractivity contribution in [3.05, 3.63) is 58.2 Å². The number of esters is 1. The molecule has 0 radical (unpaired) electrons. The molecule has 3 aromatic rings. The van der Waals surface area contributed by atoms with E-state index in [1.807, 2.05) is 0 Å². The van der Waals surface area contributed by atoms with Gasteiger partial charge in [0.05, 0.1) is 24.6 Å². The van der Waals surface area contributed by atoms with E-state index in [-0.39, 0.29) is 36.8 Å². The van der Waals surface area contributed by atoms with Crippen molar-refractivity contribution in [3.8, 4) is 11.6 Å². The number of ether oxygens (including phenoxy) is 3. The fourth-order valence-corrected chi connectivity index (χ4v) is 2.73. The summed E-state index contributed by atoms with van der Waals surface area (Å²) in [6.07, 6.45) is 1.91. The topological polar surface area (TPSA) is 118 Å². The first-order chi connectivity index (χ1) is 14.4. The molecule has 10 nitrogen and oxygen atoms in total. The Morgan fingerprint density at radius 3 is 2.90 bits per heavy atom. The van der Waals surface area contributed by atoms with Crippen LogP contribution in [0, 0.1) is 15.9 Å². The van der Waals surface area contributed by atoms with Gasteiger partial charge in [0.15, 0.2) is 0 Å². The lowest BCUT2D eigenvalue weighted by atomic mass is 10.1. The summed E-state index contributed by atoms with van der Waals surface area (Å²) in [5, 5.41) is 14.9. The first-order valence-corrected chi connectivity index (χ1v) is 9.12. The van der Waals surface area contributed by atoms with Crippen molar-refractivity contribution in [2.24, 2.45) is 0 Å². The Hall–Kier alpha value is -3.76. The van der Waals surface area contributed by atoms with Crippen LogP contribution in [0.3, 0.4) is 0 Å². The molecule has 0 unspecified atom stereocenters. The van der Waals surface area contributed by atoms with Crippen molar-refractivity contribution in [1.29, 1.82) is 0 Å². The summed E-state index contributed by atoms with van der Waals surface area (Å²) in [5.41, 5.74) is 0.153. The highest BCUT2D eigenvalue weighted by Crippen LogP contribution is 2.30. The van der Waals surface area contributed by atoms with Gasteiger partial charge in [-0.15, -0.1) is 0 Å². The third kappa shape index (κ3) is 4.80. The number of benzene rings is 1. The number of halogens is 1. The molecule has 0 spiro atoms. The van der Waals surface area contributed by atoms with Gasteiger partial charge < -0.3 is 14.2 Å². The average molecular weight is 418 g/mol. The fourth-order valence-electron chi connectivity index (χ4n) is 2.73. The van der Waals surface area contributed by atoms with Crippen LogP contribution in [0.4, 0.5) is 10.1 Å². The lowest BCUT2D eigenvalue weighted by molar-refractivity contribution is -0.383. The SMILES string of the molecule is CCOC(=O)CCOc1ccc(F)cc1[C@@H](C)Oc1ccn2ncc([N+](=O)[O-])c2n1. The first-order valence-electron chi connectivity index (χ1n) is 9.12. The molecule has 3 rings (SSSR count). The zero-order valence-corrected chi connectivity index (χ0v) is 16.3. The Labute approximate surface area is 170 Å². The van der Waals surface area contributed by atoms with Crippen LogP contribution in [-0.2, 0) is 9.53 Å². The number of hydrogen-bond acceptors (Lipinski definition) is 8. The van der Waals surface area contributed by atoms with E-state index in [2.05, 4.69) is 10.1 Å². The van der Waals surface area contributed by atoms with Crippen LogP contribution >= 0.6 is 0 Å². The molecule has 11 heteroatoms. The third-order valence-electron chi connectivity index (χ3n) is 4.10. The number of carbonyl (C=O) groups excluding carboxylic acids is 1. The molecule has 158 valence electrons. The maximum absolute atomic E-state index is 13.8. The molecule has 0 bridgehead atoms. The molecule has 0 fully saturated rings. The Balaban J connectivity index is 1.77. The van der Waals surface area contributed by atoms with Crippen LogP contribution in [0.15, 0.2) is 36.7 Å². The Kier molecular flexibility index (Phi) is 6.40. The van der Waals surface area contributed by atoms with Crippen molar-refractivity contribution in [2.45, 2.75) is 26.4 Å². The molecule has 0 saturated carbocycles. The highest BCUT2D eigenvalue weighted by Gasteiger charge is 2.20. The zero-order valence-electron chi connectivity index (χ0n) is 16.3. The summed E-state index contributed by atoms with van der Waals surface area (Å²) in [6.45, 7) is 3.69. The molecular formula is C19H19FN4O6. The highest BCUT2D eigenvalue weighted by molar-refractivity contribution is 5.69. The fraction of sp³-hybridized carbons (Fsp3) is 0.316. The van der Waals surface area contributed by atoms with E-state index in [1.54, 1.807) is 13.8 Å². The number of aromatic nitrogens is 3. The molecule has 2 aromatic heterocycles. The number of fused-ring (bicyclic) bond motifs is 1. The van der Waals surface area contributed by atoms with Crippen LogP contribution in [0.25, 0.3) is 5.65 Å². The van der Waals surface area contributed by atoms with Crippen molar-refractivity contribution >= 4 is 17.3 Å².